The Hall–Kier alpha value is -1.19. The molecule has 0 bridgehead atoms. The number of esters is 1. The van der Waals surface area contributed by atoms with Crippen molar-refractivity contribution >= 4 is 22.0 Å². The van der Waals surface area contributed by atoms with Gasteiger partial charge in [-0.3, -0.25) is 4.79 Å². The Bertz CT molecular complexity index is 521. The summed E-state index contributed by atoms with van der Waals surface area (Å²) < 4.78 is 31.2. The number of hydrogen-bond acceptors (Lipinski definition) is 6. The number of rotatable bonds is 7. The quantitative estimate of drug-likeness (QED) is 0.551. The van der Waals surface area contributed by atoms with E-state index in [0.29, 0.717) is 12.8 Å². The van der Waals surface area contributed by atoms with Crippen molar-refractivity contribution in [1.29, 1.82) is 0 Å². The molecule has 3 N–H and O–H groups in total. The van der Waals surface area contributed by atoms with Crippen LogP contribution in [0.2, 0.25) is 0 Å². The highest BCUT2D eigenvalue weighted by atomic mass is 32.2. The van der Waals surface area contributed by atoms with Crippen LogP contribution < -0.4 is 4.72 Å². The van der Waals surface area contributed by atoms with Gasteiger partial charge in [-0.1, -0.05) is 19.3 Å². The zero-order valence-corrected chi connectivity index (χ0v) is 13.6. The number of carbonyl (C=O) groups is 2. The van der Waals surface area contributed by atoms with E-state index in [1.807, 2.05) is 0 Å². The number of ether oxygens (including phenoxy) is 1. The van der Waals surface area contributed by atoms with E-state index in [2.05, 4.69) is 4.72 Å². The normalized spacial score (nSPS) is 20.9. The van der Waals surface area contributed by atoms with Gasteiger partial charge in [0, 0.05) is 6.54 Å². The molecule has 22 heavy (non-hydrogen) atoms. The summed E-state index contributed by atoms with van der Waals surface area (Å²) in [5.74, 6) is -2.57. The molecule has 0 radical (unpaired) electrons. The van der Waals surface area contributed by atoms with Crippen LogP contribution in [0.1, 0.15) is 39.0 Å². The highest BCUT2D eigenvalue weighted by Crippen LogP contribution is 2.38. The molecule has 9 heteroatoms. The van der Waals surface area contributed by atoms with Crippen molar-refractivity contribution in [2.24, 2.45) is 5.41 Å². The van der Waals surface area contributed by atoms with Crippen molar-refractivity contribution in [3.05, 3.63) is 0 Å². The first-order valence-corrected chi connectivity index (χ1v) is 8.71. The Morgan fingerprint density at radius 3 is 2.27 bits per heavy atom. The SMILES string of the molecule is COC(=O)C1(CS(=O)(=O)NCC(C)(O)C(=O)O)CCCCC1. The van der Waals surface area contributed by atoms with Crippen LogP contribution >= 0.6 is 0 Å². The Balaban J connectivity index is 2.83. The van der Waals surface area contributed by atoms with Gasteiger partial charge in [-0.2, -0.15) is 0 Å². The van der Waals surface area contributed by atoms with Crippen molar-refractivity contribution in [3.8, 4) is 0 Å². The number of sulfonamides is 1. The molecule has 1 fully saturated rings. The largest absolute Gasteiger partial charge is 0.479 e. The molecule has 1 aliphatic rings. The molecule has 1 atom stereocenters. The Kier molecular flexibility index (Phi) is 5.94. The van der Waals surface area contributed by atoms with Crippen LogP contribution in [0.5, 0.6) is 0 Å². The van der Waals surface area contributed by atoms with Crippen LogP contribution in [0.3, 0.4) is 0 Å². The second kappa shape index (κ2) is 6.93. The van der Waals surface area contributed by atoms with Gasteiger partial charge >= 0.3 is 11.9 Å². The summed E-state index contributed by atoms with van der Waals surface area (Å²) in [4.78, 5) is 22.8. The first kappa shape index (κ1) is 18.9. The molecule has 0 heterocycles. The van der Waals surface area contributed by atoms with Gasteiger partial charge in [-0.05, 0) is 19.8 Å². The molecule has 0 spiro atoms. The summed E-state index contributed by atoms with van der Waals surface area (Å²) in [6.45, 7) is 0.330. The lowest BCUT2D eigenvalue weighted by molar-refractivity contribution is -0.156. The average molecular weight is 337 g/mol. The maximum Gasteiger partial charge on any atom is 0.336 e. The van der Waals surface area contributed by atoms with Crippen LogP contribution in [0.25, 0.3) is 0 Å². The molecule has 128 valence electrons. The minimum Gasteiger partial charge on any atom is -0.479 e. The maximum atomic E-state index is 12.2. The van der Waals surface area contributed by atoms with Crippen LogP contribution in [0, 0.1) is 5.41 Å². The van der Waals surface area contributed by atoms with E-state index in [9.17, 15) is 23.1 Å². The zero-order chi connectivity index (χ0) is 17.0. The molecule has 1 saturated carbocycles. The molecule has 0 amide bonds. The summed E-state index contributed by atoms with van der Waals surface area (Å²) in [5.41, 5.74) is -3.31. The summed E-state index contributed by atoms with van der Waals surface area (Å²) in [7, 11) is -2.72. The van der Waals surface area contributed by atoms with E-state index in [0.717, 1.165) is 26.2 Å². The predicted molar refractivity (Wildman–Crippen MR) is 77.6 cm³/mol. The third kappa shape index (κ3) is 4.65. The number of hydrogen-bond donors (Lipinski definition) is 3. The fourth-order valence-electron chi connectivity index (χ4n) is 2.59. The van der Waals surface area contributed by atoms with E-state index < -0.39 is 45.3 Å². The summed E-state index contributed by atoms with van der Waals surface area (Å²) >= 11 is 0. The lowest BCUT2D eigenvalue weighted by atomic mass is 9.75. The second-order valence-corrected chi connectivity index (χ2v) is 7.80. The molecule has 0 aromatic rings. The molecule has 1 unspecified atom stereocenters. The number of methoxy groups -OCH3 is 1. The van der Waals surface area contributed by atoms with Crippen LogP contribution in [0.4, 0.5) is 0 Å². The lowest BCUT2D eigenvalue weighted by Crippen LogP contribution is -2.50. The molecular formula is C13H23NO7S. The maximum absolute atomic E-state index is 12.2. The first-order chi connectivity index (χ1) is 10.0. The number of carboxylic acids is 1. The zero-order valence-electron chi connectivity index (χ0n) is 12.8. The van der Waals surface area contributed by atoms with E-state index in [1.54, 1.807) is 0 Å². The molecule has 1 aliphatic carbocycles. The van der Waals surface area contributed by atoms with E-state index in [1.165, 1.54) is 7.11 Å². The third-order valence-electron chi connectivity index (χ3n) is 3.99. The fraction of sp³-hybridized carbons (Fsp3) is 0.846. The summed E-state index contributed by atoms with van der Waals surface area (Å²) in [6, 6.07) is 0. The smallest absolute Gasteiger partial charge is 0.336 e. The summed E-state index contributed by atoms with van der Waals surface area (Å²) in [5, 5.41) is 18.3. The van der Waals surface area contributed by atoms with Gasteiger partial charge in [-0.15, -0.1) is 0 Å². The molecular weight excluding hydrogens is 314 g/mol. The Morgan fingerprint density at radius 2 is 1.82 bits per heavy atom. The van der Waals surface area contributed by atoms with Crippen molar-refractivity contribution in [2.45, 2.75) is 44.6 Å². The first-order valence-electron chi connectivity index (χ1n) is 7.06. The van der Waals surface area contributed by atoms with Crippen molar-refractivity contribution < 1.29 is 33.0 Å². The van der Waals surface area contributed by atoms with Crippen LogP contribution in [-0.4, -0.2) is 55.6 Å². The minimum atomic E-state index is -3.94. The molecule has 0 aromatic carbocycles. The van der Waals surface area contributed by atoms with Gasteiger partial charge in [-0.25, -0.2) is 17.9 Å². The number of nitrogens with one attached hydrogen (secondary N) is 1. The molecule has 0 aliphatic heterocycles. The van der Waals surface area contributed by atoms with Gasteiger partial charge in [0.25, 0.3) is 0 Å². The summed E-state index contributed by atoms with van der Waals surface area (Å²) in [6.07, 6.45) is 3.22. The Labute approximate surface area is 129 Å². The fourth-order valence-corrected chi connectivity index (χ4v) is 4.33. The van der Waals surface area contributed by atoms with E-state index in [-0.39, 0.29) is 0 Å². The third-order valence-corrected chi connectivity index (χ3v) is 5.51. The minimum absolute atomic E-state index is 0.413. The topological polar surface area (TPSA) is 130 Å². The molecule has 0 saturated heterocycles. The highest BCUT2D eigenvalue weighted by Gasteiger charge is 2.44. The highest BCUT2D eigenvalue weighted by molar-refractivity contribution is 7.89. The van der Waals surface area contributed by atoms with Crippen molar-refractivity contribution in [2.75, 3.05) is 19.4 Å². The predicted octanol–water partition coefficient (Wildman–Crippen LogP) is -0.135. The van der Waals surface area contributed by atoms with Crippen molar-refractivity contribution in [3.63, 3.8) is 0 Å². The van der Waals surface area contributed by atoms with Gasteiger partial charge in [0.05, 0.1) is 18.3 Å². The Morgan fingerprint density at radius 1 is 1.27 bits per heavy atom. The van der Waals surface area contributed by atoms with Gasteiger partial charge in [0.2, 0.25) is 10.0 Å². The molecule has 8 nitrogen and oxygen atoms in total. The number of carbonyl (C=O) groups excluding carboxylic acids is 1. The van der Waals surface area contributed by atoms with Crippen LogP contribution in [0.15, 0.2) is 0 Å². The average Bonchev–Trinajstić information content (AvgIpc) is 2.45. The van der Waals surface area contributed by atoms with Gasteiger partial charge < -0.3 is 14.9 Å². The molecule has 1 rings (SSSR count). The van der Waals surface area contributed by atoms with Gasteiger partial charge in [0.15, 0.2) is 5.60 Å². The monoisotopic (exact) mass is 337 g/mol. The lowest BCUT2D eigenvalue weighted by Gasteiger charge is -2.34. The van der Waals surface area contributed by atoms with Gasteiger partial charge in [0.1, 0.15) is 0 Å². The van der Waals surface area contributed by atoms with Crippen LogP contribution in [-0.2, 0) is 24.3 Å². The second-order valence-electron chi connectivity index (χ2n) is 5.99. The van der Waals surface area contributed by atoms with Crippen molar-refractivity contribution in [1.82, 2.24) is 4.72 Å². The van der Waals surface area contributed by atoms with E-state index in [4.69, 9.17) is 9.84 Å². The number of carboxylic acid groups (broad SMARTS) is 1. The number of aliphatic hydroxyl groups is 1. The standard InChI is InChI=1S/C13H23NO7S/c1-12(18,10(15)16)8-14-22(19,20)9-13(11(17)21-2)6-4-3-5-7-13/h14,18H,3-9H2,1-2H3,(H,15,16). The van der Waals surface area contributed by atoms with E-state index >= 15 is 0 Å². The number of aliphatic carboxylic acids is 1. The molecule has 0 aromatic heterocycles.